The highest BCUT2D eigenvalue weighted by atomic mass is 16.5. The molecule has 0 saturated heterocycles. The van der Waals surface area contributed by atoms with Gasteiger partial charge in [0.05, 0.1) is 11.5 Å². The van der Waals surface area contributed by atoms with Gasteiger partial charge in [-0.25, -0.2) is 4.79 Å². The lowest BCUT2D eigenvalue weighted by molar-refractivity contribution is 0.305. The summed E-state index contributed by atoms with van der Waals surface area (Å²) in [5.41, 5.74) is 6.30. The van der Waals surface area contributed by atoms with Gasteiger partial charge in [-0.1, -0.05) is 42.5 Å². The topological polar surface area (TPSA) is 134 Å². The molecule has 3 aromatic rings. The number of nitrogens with zero attached hydrogens (tertiary/aromatic N) is 1. The highest BCUT2D eigenvalue weighted by molar-refractivity contribution is 5.53. The third-order valence-corrected chi connectivity index (χ3v) is 4.56. The van der Waals surface area contributed by atoms with Gasteiger partial charge in [0.2, 0.25) is 11.8 Å². The fraction of sp³-hybridized carbons (Fsp3) is 0.0952. The summed E-state index contributed by atoms with van der Waals surface area (Å²) in [5, 5.41) is 9.60. The van der Waals surface area contributed by atoms with E-state index in [0.29, 0.717) is 17.9 Å². The zero-order valence-electron chi connectivity index (χ0n) is 15.1. The van der Waals surface area contributed by atoms with E-state index in [1.165, 1.54) is 0 Å². The van der Waals surface area contributed by atoms with E-state index >= 15 is 0 Å². The molecule has 0 spiro atoms. The second-order valence-electron chi connectivity index (χ2n) is 6.42. The average molecular weight is 388 g/mol. The van der Waals surface area contributed by atoms with Gasteiger partial charge in [0.1, 0.15) is 24.0 Å². The van der Waals surface area contributed by atoms with E-state index in [1.807, 2.05) is 36.4 Å². The zero-order valence-corrected chi connectivity index (χ0v) is 15.1. The molecule has 0 saturated carbocycles. The van der Waals surface area contributed by atoms with Crippen LogP contribution in [0.4, 0.5) is 0 Å². The molecule has 8 heteroatoms. The van der Waals surface area contributed by atoms with Crippen molar-refractivity contribution in [2.75, 3.05) is 0 Å². The number of nitrogens with two attached hydrogens (primary N) is 1. The number of ether oxygens (including phenoxy) is 2. The zero-order chi connectivity index (χ0) is 20.4. The molecule has 2 aromatic carbocycles. The Morgan fingerprint density at radius 1 is 1.10 bits per heavy atom. The fourth-order valence-corrected chi connectivity index (χ4v) is 3.25. The lowest BCUT2D eigenvalue weighted by Crippen LogP contribution is -2.33. The quantitative estimate of drug-likeness (QED) is 0.625. The Morgan fingerprint density at radius 3 is 2.66 bits per heavy atom. The number of benzene rings is 2. The second kappa shape index (κ2) is 7.40. The molecule has 0 fully saturated rings. The van der Waals surface area contributed by atoms with Gasteiger partial charge in [-0.15, -0.1) is 0 Å². The Balaban J connectivity index is 1.75. The van der Waals surface area contributed by atoms with E-state index < -0.39 is 17.2 Å². The predicted octanol–water partition coefficient (Wildman–Crippen LogP) is 1.86. The molecular formula is C21H16N4O4. The predicted molar refractivity (Wildman–Crippen MR) is 104 cm³/mol. The first-order chi connectivity index (χ1) is 14.1. The Hall–Kier alpha value is -4.25. The minimum atomic E-state index is -0.801. The number of rotatable bonds is 4. The smallest absolute Gasteiger partial charge is 0.328 e. The van der Waals surface area contributed by atoms with E-state index in [-0.39, 0.29) is 22.9 Å². The highest BCUT2D eigenvalue weighted by Gasteiger charge is 2.34. The van der Waals surface area contributed by atoms with E-state index in [9.17, 15) is 14.9 Å². The van der Waals surface area contributed by atoms with Crippen LogP contribution in [0.5, 0.6) is 11.6 Å². The van der Waals surface area contributed by atoms with E-state index in [1.54, 1.807) is 24.3 Å². The first kappa shape index (κ1) is 18.1. The van der Waals surface area contributed by atoms with Crippen molar-refractivity contribution < 1.29 is 9.47 Å². The number of aromatic nitrogens is 2. The molecule has 29 heavy (non-hydrogen) atoms. The summed E-state index contributed by atoms with van der Waals surface area (Å²) in [6.45, 7) is 0.367. The van der Waals surface area contributed by atoms with Gasteiger partial charge in [0, 0.05) is 0 Å². The van der Waals surface area contributed by atoms with Crippen LogP contribution in [0.3, 0.4) is 0 Å². The van der Waals surface area contributed by atoms with Crippen LogP contribution < -0.4 is 26.5 Å². The maximum absolute atomic E-state index is 12.5. The summed E-state index contributed by atoms with van der Waals surface area (Å²) in [7, 11) is 0. The third kappa shape index (κ3) is 3.49. The number of aromatic amines is 2. The first-order valence-electron chi connectivity index (χ1n) is 8.77. The van der Waals surface area contributed by atoms with Gasteiger partial charge >= 0.3 is 5.69 Å². The molecule has 4 N–H and O–H groups in total. The molecule has 0 unspecified atom stereocenters. The van der Waals surface area contributed by atoms with Crippen LogP contribution in [0.25, 0.3) is 0 Å². The van der Waals surface area contributed by atoms with Crippen LogP contribution in [0.1, 0.15) is 22.6 Å². The van der Waals surface area contributed by atoms with Crippen molar-refractivity contribution in [1.29, 1.82) is 5.26 Å². The summed E-state index contributed by atoms with van der Waals surface area (Å²) in [6, 6.07) is 18.7. The maximum Gasteiger partial charge on any atom is 0.328 e. The van der Waals surface area contributed by atoms with E-state index in [2.05, 4.69) is 9.97 Å². The fourth-order valence-electron chi connectivity index (χ4n) is 3.25. The highest BCUT2D eigenvalue weighted by Crippen LogP contribution is 2.39. The number of H-pyrrole nitrogens is 2. The van der Waals surface area contributed by atoms with Gasteiger partial charge < -0.3 is 15.2 Å². The van der Waals surface area contributed by atoms with Crippen molar-refractivity contribution in [3.05, 3.63) is 104 Å². The number of fused-ring (bicyclic) bond motifs is 1. The number of allylic oxidation sites excluding steroid dienone is 1. The summed E-state index contributed by atoms with van der Waals surface area (Å²) >= 11 is 0. The lowest BCUT2D eigenvalue weighted by atomic mass is 9.85. The van der Waals surface area contributed by atoms with Crippen molar-refractivity contribution >= 4 is 0 Å². The molecule has 0 aliphatic carbocycles. The van der Waals surface area contributed by atoms with Crippen LogP contribution in [0, 0.1) is 11.3 Å². The Labute approximate surface area is 164 Å². The molecule has 4 rings (SSSR count). The molecule has 2 heterocycles. The normalized spacial score (nSPS) is 15.2. The average Bonchev–Trinajstić information content (AvgIpc) is 2.72. The van der Waals surface area contributed by atoms with Crippen LogP contribution >= 0.6 is 0 Å². The molecule has 0 amide bonds. The minimum absolute atomic E-state index is 0.0733. The maximum atomic E-state index is 12.5. The van der Waals surface area contributed by atoms with Crippen LogP contribution in [0.15, 0.2) is 75.6 Å². The number of nitrogens with one attached hydrogen (secondary N) is 2. The van der Waals surface area contributed by atoms with Crippen molar-refractivity contribution in [2.45, 2.75) is 12.5 Å². The standard InChI is InChI=1S/C21H16N4O4/c22-10-15-16(17-19(26)24-21(27)25-20(17)29-18(15)23)13-7-4-8-14(9-13)28-11-12-5-2-1-3-6-12/h1-9,16H,11,23H2,(H2,24,25,26,27)/t16-/m1/s1. The van der Waals surface area contributed by atoms with Gasteiger partial charge in [-0.05, 0) is 23.3 Å². The number of hydrogen-bond donors (Lipinski definition) is 3. The van der Waals surface area contributed by atoms with Crippen molar-refractivity contribution in [3.8, 4) is 17.7 Å². The third-order valence-electron chi connectivity index (χ3n) is 4.56. The van der Waals surface area contributed by atoms with E-state index in [4.69, 9.17) is 15.2 Å². The molecule has 0 radical (unpaired) electrons. The molecule has 0 bridgehead atoms. The number of hydrogen-bond acceptors (Lipinski definition) is 6. The minimum Gasteiger partial charge on any atom is -0.489 e. The molecule has 1 aliphatic heterocycles. The number of nitriles is 1. The molecule has 1 atom stereocenters. The van der Waals surface area contributed by atoms with Crippen LogP contribution in [-0.4, -0.2) is 9.97 Å². The summed E-state index contributed by atoms with van der Waals surface area (Å²) in [6.07, 6.45) is 0. The Kier molecular flexibility index (Phi) is 4.63. The SMILES string of the molecule is N#CC1=C(N)Oc2[nH]c(=O)[nH]c(=O)c2[C@@H]1c1cccc(OCc2ccccc2)c1. The summed E-state index contributed by atoms with van der Waals surface area (Å²) < 4.78 is 11.2. The van der Waals surface area contributed by atoms with Crippen molar-refractivity contribution in [3.63, 3.8) is 0 Å². The van der Waals surface area contributed by atoms with Gasteiger partial charge in [-0.2, -0.15) is 5.26 Å². The van der Waals surface area contributed by atoms with Crippen molar-refractivity contribution in [1.82, 2.24) is 9.97 Å². The monoisotopic (exact) mass is 388 g/mol. The van der Waals surface area contributed by atoms with Gasteiger partial charge in [0.25, 0.3) is 5.56 Å². The summed E-state index contributed by atoms with van der Waals surface area (Å²) in [4.78, 5) is 28.7. The van der Waals surface area contributed by atoms with Gasteiger partial charge in [0.15, 0.2) is 0 Å². The second-order valence-corrected chi connectivity index (χ2v) is 6.42. The lowest BCUT2D eigenvalue weighted by Gasteiger charge is -2.25. The Bertz CT molecular complexity index is 1250. The van der Waals surface area contributed by atoms with Gasteiger partial charge in [-0.3, -0.25) is 14.8 Å². The Morgan fingerprint density at radius 2 is 1.90 bits per heavy atom. The summed E-state index contributed by atoms with van der Waals surface area (Å²) in [5.74, 6) is -0.474. The first-order valence-corrected chi connectivity index (χ1v) is 8.77. The molecule has 1 aliphatic rings. The van der Waals surface area contributed by atoms with Crippen LogP contribution in [-0.2, 0) is 6.61 Å². The molecule has 8 nitrogen and oxygen atoms in total. The molecular weight excluding hydrogens is 372 g/mol. The van der Waals surface area contributed by atoms with Crippen LogP contribution in [0.2, 0.25) is 0 Å². The van der Waals surface area contributed by atoms with Crippen molar-refractivity contribution in [2.24, 2.45) is 5.73 Å². The molecule has 144 valence electrons. The molecule has 1 aromatic heterocycles. The largest absolute Gasteiger partial charge is 0.489 e. The van der Waals surface area contributed by atoms with E-state index in [0.717, 1.165) is 5.56 Å².